The molecule has 0 unspecified atom stereocenters. The van der Waals surface area contributed by atoms with Gasteiger partial charge in [0.15, 0.2) is 6.10 Å². The first kappa shape index (κ1) is 19.9. The number of nitrogens with one attached hydrogen (secondary N) is 1. The summed E-state index contributed by atoms with van der Waals surface area (Å²) >= 11 is 0. The minimum atomic E-state index is -1.02. The number of esters is 1. The molecule has 7 nitrogen and oxygen atoms in total. The van der Waals surface area contributed by atoms with E-state index in [1.165, 1.54) is 6.92 Å². The van der Waals surface area contributed by atoms with Crippen molar-refractivity contribution in [2.45, 2.75) is 63.5 Å². The summed E-state index contributed by atoms with van der Waals surface area (Å²) in [6.07, 6.45) is 4.35. The van der Waals surface area contributed by atoms with E-state index in [0.29, 0.717) is 31.5 Å². The first-order valence-electron chi connectivity index (χ1n) is 9.79. The second-order valence-corrected chi connectivity index (χ2v) is 7.49. The van der Waals surface area contributed by atoms with Crippen molar-refractivity contribution < 1.29 is 19.1 Å². The molecule has 1 aromatic carbocycles. The van der Waals surface area contributed by atoms with E-state index < -0.39 is 23.5 Å². The Morgan fingerprint density at radius 3 is 2.64 bits per heavy atom. The van der Waals surface area contributed by atoms with Gasteiger partial charge in [-0.3, -0.25) is 9.59 Å². The van der Waals surface area contributed by atoms with Gasteiger partial charge in [-0.1, -0.05) is 25.3 Å². The molecule has 0 bridgehead atoms. The van der Waals surface area contributed by atoms with Crippen molar-refractivity contribution in [2.24, 2.45) is 0 Å². The number of carbonyl (C=O) groups is 3. The Kier molecular flexibility index (Phi) is 5.98. The summed E-state index contributed by atoms with van der Waals surface area (Å²) in [5.41, 5.74) is 0.0654. The number of amides is 2. The van der Waals surface area contributed by atoms with E-state index in [0.717, 1.165) is 25.7 Å². The van der Waals surface area contributed by atoms with Gasteiger partial charge in [-0.2, -0.15) is 5.26 Å². The lowest BCUT2D eigenvalue weighted by Crippen LogP contribution is -2.52. The Bertz CT molecular complexity index is 808. The van der Waals surface area contributed by atoms with Crippen LogP contribution in [0, 0.1) is 11.3 Å². The Morgan fingerprint density at radius 2 is 2.00 bits per heavy atom. The fourth-order valence-electron chi connectivity index (χ4n) is 3.76. The summed E-state index contributed by atoms with van der Waals surface area (Å²) in [6.45, 7) is 2.13. The molecule has 2 amide bonds. The minimum Gasteiger partial charge on any atom is -0.449 e. The van der Waals surface area contributed by atoms with E-state index in [1.54, 1.807) is 29.2 Å². The Morgan fingerprint density at radius 1 is 1.25 bits per heavy atom. The van der Waals surface area contributed by atoms with Crippen molar-refractivity contribution in [3.05, 3.63) is 29.8 Å². The zero-order chi connectivity index (χ0) is 20.1. The zero-order valence-electron chi connectivity index (χ0n) is 16.1. The second-order valence-electron chi connectivity index (χ2n) is 7.49. The second kappa shape index (κ2) is 8.42. The van der Waals surface area contributed by atoms with Gasteiger partial charge in [0.2, 0.25) is 5.91 Å². The average Bonchev–Trinajstić information content (AvgIpc) is 3.14. The molecule has 28 heavy (non-hydrogen) atoms. The third kappa shape index (κ3) is 4.33. The average molecular weight is 383 g/mol. The number of carbonyl (C=O) groups excluding carboxylic acids is 3. The van der Waals surface area contributed by atoms with Crippen molar-refractivity contribution >= 4 is 23.5 Å². The maximum atomic E-state index is 12.5. The van der Waals surface area contributed by atoms with Crippen molar-refractivity contribution in [2.75, 3.05) is 11.4 Å². The quantitative estimate of drug-likeness (QED) is 0.788. The van der Waals surface area contributed by atoms with Gasteiger partial charge in [-0.15, -0.1) is 0 Å². The Hall–Kier alpha value is -2.88. The van der Waals surface area contributed by atoms with Gasteiger partial charge < -0.3 is 15.0 Å². The van der Waals surface area contributed by atoms with E-state index in [-0.39, 0.29) is 11.5 Å². The van der Waals surface area contributed by atoms with Gasteiger partial charge in [0.25, 0.3) is 5.91 Å². The minimum absolute atomic E-state index is 0.0348. The number of ether oxygens (including phenoxy) is 1. The smallest absolute Gasteiger partial charge is 0.338 e. The van der Waals surface area contributed by atoms with Gasteiger partial charge in [0.05, 0.1) is 11.6 Å². The molecule has 1 N–H and O–H groups in total. The number of rotatable bonds is 5. The van der Waals surface area contributed by atoms with E-state index in [4.69, 9.17) is 4.74 Å². The van der Waals surface area contributed by atoms with Crippen molar-refractivity contribution in [1.29, 1.82) is 5.26 Å². The molecule has 2 fully saturated rings. The molecule has 1 aliphatic heterocycles. The molecule has 1 saturated heterocycles. The SMILES string of the molecule is C[C@@H](OC(=O)c1cccc(N2CCCC2=O)c1)C(=O)NC1(C#N)CCCCC1. The highest BCUT2D eigenvalue weighted by atomic mass is 16.5. The fraction of sp³-hybridized carbons (Fsp3) is 0.524. The van der Waals surface area contributed by atoms with Gasteiger partial charge in [-0.25, -0.2) is 4.79 Å². The zero-order valence-corrected chi connectivity index (χ0v) is 16.1. The van der Waals surface area contributed by atoms with Crippen LogP contribution in [0.2, 0.25) is 0 Å². The van der Waals surface area contributed by atoms with E-state index >= 15 is 0 Å². The number of hydrogen-bond donors (Lipinski definition) is 1. The predicted molar refractivity (Wildman–Crippen MR) is 102 cm³/mol. The summed E-state index contributed by atoms with van der Waals surface area (Å²) in [6, 6.07) is 8.88. The van der Waals surface area contributed by atoms with Crippen LogP contribution in [0.5, 0.6) is 0 Å². The number of benzene rings is 1. The monoisotopic (exact) mass is 383 g/mol. The topological polar surface area (TPSA) is 99.5 Å². The van der Waals surface area contributed by atoms with E-state index in [1.807, 2.05) is 0 Å². The van der Waals surface area contributed by atoms with Crippen molar-refractivity contribution in [1.82, 2.24) is 5.32 Å². The van der Waals surface area contributed by atoms with E-state index in [2.05, 4.69) is 11.4 Å². The number of nitriles is 1. The first-order valence-corrected chi connectivity index (χ1v) is 9.79. The van der Waals surface area contributed by atoms with Gasteiger partial charge >= 0.3 is 5.97 Å². The van der Waals surface area contributed by atoms with Crippen molar-refractivity contribution in [3.63, 3.8) is 0 Å². The fourth-order valence-corrected chi connectivity index (χ4v) is 3.76. The van der Waals surface area contributed by atoms with Crippen molar-refractivity contribution in [3.8, 4) is 6.07 Å². The molecular weight excluding hydrogens is 358 g/mol. The van der Waals surface area contributed by atoms with E-state index in [9.17, 15) is 19.6 Å². The van der Waals surface area contributed by atoms with Crippen LogP contribution < -0.4 is 10.2 Å². The molecule has 0 aromatic heterocycles. The van der Waals surface area contributed by atoms with Crippen LogP contribution in [-0.4, -0.2) is 36.0 Å². The Balaban J connectivity index is 1.63. The lowest BCUT2D eigenvalue weighted by molar-refractivity contribution is -0.130. The molecule has 0 spiro atoms. The molecule has 2 aliphatic rings. The standard InChI is InChI=1S/C21H25N3O4/c1-15(19(26)23-21(14-22)10-3-2-4-11-21)28-20(27)16-7-5-8-17(13-16)24-12-6-9-18(24)25/h5,7-8,13,15H,2-4,6,9-12H2,1H3,(H,23,26)/t15-/m1/s1. The number of hydrogen-bond acceptors (Lipinski definition) is 5. The summed E-state index contributed by atoms with van der Waals surface area (Å²) < 4.78 is 5.31. The number of anilines is 1. The maximum absolute atomic E-state index is 12.5. The molecule has 7 heteroatoms. The highest BCUT2D eigenvalue weighted by Crippen LogP contribution is 2.28. The molecule has 1 heterocycles. The lowest BCUT2D eigenvalue weighted by atomic mass is 9.83. The highest BCUT2D eigenvalue weighted by Gasteiger charge is 2.35. The molecule has 3 rings (SSSR count). The normalized spacial score (nSPS) is 19.6. The third-order valence-corrected chi connectivity index (χ3v) is 5.40. The summed E-state index contributed by atoms with van der Waals surface area (Å²) in [5, 5.41) is 12.3. The highest BCUT2D eigenvalue weighted by molar-refractivity contribution is 5.98. The molecule has 1 atom stereocenters. The largest absolute Gasteiger partial charge is 0.449 e. The van der Waals surface area contributed by atoms with Crippen LogP contribution in [0.3, 0.4) is 0 Å². The van der Waals surface area contributed by atoms with Crippen LogP contribution in [0.25, 0.3) is 0 Å². The van der Waals surface area contributed by atoms with Gasteiger partial charge in [-0.05, 0) is 44.4 Å². The molecule has 1 saturated carbocycles. The first-order chi connectivity index (χ1) is 13.4. The summed E-state index contributed by atoms with van der Waals surface area (Å²) in [5.74, 6) is -1.07. The van der Waals surface area contributed by atoms with Crippen LogP contribution in [0.4, 0.5) is 5.69 Å². The molecule has 1 aliphatic carbocycles. The van der Waals surface area contributed by atoms with Crippen LogP contribution in [0.1, 0.15) is 62.2 Å². The third-order valence-electron chi connectivity index (χ3n) is 5.40. The van der Waals surface area contributed by atoms with Gasteiger partial charge in [0, 0.05) is 18.7 Å². The number of nitrogens with zero attached hydrogens (tertiary/aromatic N) is 2. The molecule has 0 radical (unpaired) electrons. The summed E-state index contributed by atoms with van der Waals surface area (Å²) in [7, 11) is 0. The molecule has 1 aromatic rings. The maximum Gasteiger partial charge on any atom is 0.338 e. The van der Waals surface area contributed by atoms with Gasteiger partial charge in [0.1, 0.15) is 5.54 Å². The Labute approximate surface area is 164 Å². The molecular formula is C21H25N3O4. The summed E-state index contributed by atoms with van der Waals surface area (Å²) in [4.78, 5) is 38.5. The van der Waals surface area contributed by atoms with Crippen LogP contribution >= 0.6 is 0 Å². The van der Waals surface area contributed by atoms with Crippen LogP contribution in [-0.2, 0) is 14.3 Å². The molecule has 148 valence electrons. The predicted octanol–water partition coefficient (Wildman–Crippen LogP) is 2.70. The van der Waals surface area contributed by atoms with Crippen LogP contribution in [0.15, 0.2) is 24.3 Å². The lowest BCUT2D eigenvalue weighted by Gasteiger charge is -2.32.